The lowest BCUT2D eigenvalue weighted by molar-refractivity contribution is 0.155. The molecule has 0 atom stereocenters. The van der Waals surface area contributed by atoms with Crippen LogP contribution in [-0.4, -0.2) is 89.3 Å². The van der Waals surface area contributed by atoms with Crippen molar-refractivity contribution in [2.75, 3.05) is 74.6 Å². The maximum absolute atomic E-state index is 4.95. The first kappa shape index (κ1) is 23.1. The van der Waals surface area contributed by atoms with Gasteiger partial charge in [0.05, 0.1) is 6.61 Å². The Labute approximate surface area is 134 Å². The molecule has 4 heteroatoms. The van der Waals surface area contributed by atoms with Gasteiger partial charge in [0.15, 0.2) is 0 Å². The Morgan fingerprint density at radius 1 is 0.714 bits per heavy atom. The molecule has 0 bridgehead atoms. The largest absolute Gasteiger partial charge is 0.383 e. The van der Waals surface area contributed by atoms with Crippen LogP contribution in [0.2, 0.25) is 0 Å². The fraction of sp³-hybridized carbons (Fsp3) is 1.00. The second kappa shape index (κ2) is 14.8. The molecule has 0 aromatic carbocycles. The molecular weight excluding hydrogens is 262 g/mol. The van der Waals surface area contributed by atoms with Crippen LogP contribution in [0.3, 0.4) is 0 Å². The predicted molar refractivity (Wildman–Crippen MR) is 95.1 cm³/mol. The fourth-order valence-corrected chi connectivity index (χ4v) is 2.05. The number of hydrogen-bond donors (Lipinski definition) is 0. The van der Waals surface area contributed by atoms with Crippen molar-refractivity contribution in [1.82, 2.24) is 14.7 Å². The Morgan fingerprint density at radius 3 is 1.48 bits per heavy atom. The Hall–Kier alpha value is -0.160. The van der Waals surface area contributed by atoms with Crippen molar-refractivity contribution in [2.45, 2.75) is 27.7 Å². The first-order chi connectivity index (χ1) is 9.68. The molecule has 0 fully saturated rings. The molecule has 0 saturated carbocycles. The lowest BCUT2D eigenvalue weighted by Gasteiger charge is -2.20. The van der Waals surface area contributed by atoms with Gasteiger partial charge in [-0.2, -0.15) is 0 Å². The third-order valence-corrected chi connectivity index (χ3v) is 2.96. The highest BCUT2D eigenvalue weighted by molar-refractivity contribution is 4.56. The van der Waals surface area contributed by atoms with Gasteiger partial charge in [0.2, 0.25) is 0 Å². The standard InChI is InChI=1S/C9H22N2.C8H19NO/c1-9(2)8-11(5)7-6-10(3)4;1-8(2)7-9(3)5-6-10-4/h9H,6-8H2,1-5H3;8H,5-7H2,1-4H3. The van der Waals surface area contributed by atoms with Crippen LogP contribution in [-0.2, 0) is 4.74 Å². The quantitative estimate of drug-likeness (QED) is 0.616. The summed E-state index contributed by atoms with van der Waals surface area (Å²) in [7, 11) is 10.3. The van der Waals surface area contributed by atoms with E-state index in [0.29, 0.717) is 0 Å². The zero-order valence-corrected chi connectivity index (χ0v) is 16.1. The fourth-order valence-electron chi connectivity index (χ4n) is 2.05. The van der Waals surface area contributed by atoms with E-state index in [0.717, 1.165) is 38.1 Å². The maximum Gasteiger partial charge on any atom is 0.0589 e. The lowest BCUT2D eigenvalue weighted by atomic mass is 10.2. The minimum atomic E-state index is 0.752. The third kappa shape index (κ3) is 22.3. The van der Waals surface area contributed by atoms with Crippen LogP contribution >= 0.6 is 0 Å². The SMILES string of the molecule is CC(C)CN(C)CCN(C)C.COCCN(C)CC(C)C. The van der Waals surface area contributed by atoms with E-state index in [1.807, 2.05) is 0 Å². The highest BCUT2D eigenvalue weighted by atomic mass is 16.5. The van der Waals surface area contributed by atoms with Crippen molar-refractivity contribution in [2.24, 2.45) is 11.8 Å². The van der Waals surface area contributed by atoms with Gasteiger partial charge in [-0.25, -0.2) is 0 Å². The first-order valence-electron chi connectivity index (χ1n) is 8.19. The number of hydrogen-bond acceptors (Lipinski definition) is 4. The molecule has 4 nitrogen and oxygen atoms in total. The van der Waals surface area contributed by atoms with Crippen LogP contribution in [0, 0.1) is 11.8 Å². The van der Waals surface area contributed by atoms with Crippen LogP contribution in [0.4, 0.5) is 0 Å². The molecular formula is C17H41N3O. The average Bonchev–Trinajstić information content (AvgIpc) is 2.33. The molecule has 0 aromatic rings. The zero-order chi connectivity index (χ0) is 16.8. The average molecular weight is 304 g/mol. The molecule has 0 aliphatic heterocycles. The highest BCUT2D eigenvalue weighted by Crippen LogP contribution is 1.95. The van der Waals surface area contributed by atoms with Gasteiger partial charge < -0.3 is 19.4 Å². The molecule has 21 heavy (non-hydrogen) atoms. The molecule has 0 unspecified atom stereocenters. The van der Waals surface area contributed by atoms with Crippen molar-refractivity contribution in [3.8, 4) is 0 Å². The number of methoxy groups -OCH3 is 1. The van der Waals surface area contributed by atoms with Crippen molar-refractivity contribution < 1.29 is 4.74 Å². The van der Waals surface area contributed by atoms with Crippen LogP contribution in [0.5, 0.6) is 0 Å². The van der Waals surface area contributed by atoms with E-state index in [1.54, 1.807) is 7.11 Å². The number of likely N-dealkylation sites (N-methyl/N-ethyl adjacent to an activating group) is 3. The molecule has 130 valence electrons. The molecule has 0 amide bonds. The predicted octanol–water partition coefficient (Wildman–Crippen LogP) is 2.36. The molecule has 0 saturated heterocycles. The van der Waals surface area contributed by atoms with Crippen molar-refractivity contribution >= 4 is 0 Å². The van der Waals surface area contributed by atoms with Crippen molar-refractivity contribution in [3.63, 3.8) is 0 Å². The van der Waals surface area contributed by atoms with Gasteiger partial charge in [-0.3, -0.25) is 0 Å². The van der Waals surface area contributed by atoms with Gasteiger partial charge in [-0.1, -0.05) is 27.7 Å². The van der Waals surface area contributed by atoms with Crippen molar-refractivity contribution in [1.29, 1.82) is 0 Å². The van der Waals surface area contributed by atoms with E-state index < -0.39 is 0 Å². The second-order valence-corrected chi connectivity index (χ2v) is 7.11. The Bertz CT molecular complexity index is 208. The molecule has 0 aliphatic rings. The first-order valence-corrected chi connectivity index (χ1v) is 8.19. The van der Waals surface area contributed by atoms with E-state index in [1.165, 1.54) is 13.1 Å². The number of ether oxygens (including phenoxy) is 1. The Kier molecular flexibility index (Phi) is 16.2. The molecule has 0 heterocycles. The normalized spacial score (nSPS) is 11.7. The molecule has 0 N–H and O–H groups in total. The number of nitrogens with zero attached hydrogens (tertiary/aromatic N) is 3. The van der Waals surface area contributed by atoms with Gasteiger partial charge >= 0.3 is 0 Å². The van der Waals surface area contributed by atoms with E-state index in [4.69, 9.17) is 4.74 Å². The second-order valence-electron chi connectivity index (χ2n) is 7.11. The summed E-state index contributed by atoms with van der Waals surface area (Å²) in [5, 5.41) is 0. The van der Waals surface area contributed by atoms with Gasteiger partial charge in [0, 0.05) is 39.8 Å². The van der Waals surface area contributed by atoms with E-state index >= 15 is 0 Å². The molecule has 0 spiro atoms. The van der Waals surface area contributed by atoms with Gasteiger partial charge in [0.1, 0.15) is 0 Å². The smallest absolute Gasteiger partial charge is 0.0589 e. The van der Waals surface area contributed by atoms with Gasteiger partial charge in [0.25, 0.3) is 0 Å². The van der Waals surface area contributed by atoms with Crippen LogP contribution in [0.15, 0.2) is 0 Å². The third-order valence-electron chi connectivity index (χ3n) is 2.96. The summed E-state index contributed by atoms with van der Waals surface area (Å²) in [6.45, 7) is 15.5. The van der Waals surface area contributed by atoms with E-state index in [-0.39, 0.29) is 0 Å². The Balaban J connectivity index is 0. The summed E-state index contributed by atoms with van der Waals surface area (Å²) < 4.78 is 4.95. The molecule has 0 radical (unpaired) electrons. The van der Waals surface area contributed by atoms with Crippen molar-refractivity contribution in [3.05, 3.63) is 0 Å². The summed E-state index contributed by atoms with van der Waals surface area (Å²) in [5.74, 6) is 1.53. The topological polar surface area (TPSA) is 19.0 Å². The summed E-state index contributed by atoms with van der Waals surface area (Å²) in [6, 6.07) is 0. The van der Waals surface area contributed by atoms with E-state index in [2.05, 4.69) is 70.6 Å². The molecule has 0 aliphatic carbocycles. The number of rotatable bonds is 10. The minimum Gasteiger partial charge on any atom is -0.383 e. The maximum atomic E-state index is 4.95. The summed E-state index contributed by atoms with van der Waals surface area (Å²) in [4.78, 5) is 6.88. The summed E-state index contributed by atoms with van der Waals surface area (Å²) >= 11 is 0. The van der Waals surface area contributed by atoms with Gasteiger partial charge in [-0.15, -0.1) is 0 Å². The molecule has 0 rings (SSSR count). The highest BCUT2D eigenvalue weighted by Gasteiger charge is 2.01. The monoisotopic (exact) mass is 303 g/mol. The zero-order valence-electron chi connectivity index (χ0n) is 16.1. The summed E-state index contributed by atoms with van der Waals surface area (Å²) in [5.41, 5.74) is 0. The van der Waals surface area contributed by atoms with Crippen LogP contribution in [0.1, 0.15) is 27.7 Å². The Morgan fingerprint density at radius 2 is 1.14 bits per heavy atom. The summed E-state index contributed by atoms with van der Waals surface area (Å²) in [6.07, 6.45) is 0. The molecule has 0 aromatic heterocycles. The van der Waals surface area contributed by atoms with E-state index in [9.17, 15) is 0 Å². The lowest BCUT2D eigenvalue weighted by Crippen LogP contribution is -2.31. The van der Waals surface area contributed by atoms with Crippen LogP contribution in [0.25, 0.3) is 0 Å². The van der Waals surface area contributed by atoms with Crippen LogP contribution < -0.4 is 0 Å². The minimum absolute atomic E-state index is 0.752. The van der Waals surface area contributed by atoms with Gasteiger partial charge in [-0.05, 0) is 40.0 Å².